The third-order valence-electron chi connectivity index (χ3n) is 5.05. The van der Waals surface area contributed by atoms with E-state index in [2.05, 4.69) is 5.32 Å². The van der Waals surface area contributed by atoms with Gasteiger partial charge in [-0.3, -0.25) is 4.79 Å². The van der Waals surface area contributed by atoms with Crippen molar-refractivity contribution in [3.05, 3.63) is 70.2 Å². The van der Waals surface area contributed by atoms with Crippen molar-refractivity contribution in [1.29, 1.82) is 0 Å². The summed E-state index contributed by atoms with van der Waals surface area (Å²) in [5.41, 5.74) is 2.61. The number of rotatable bonds is 3. The summed E-state index contributed by atoms with van der Waals surface area (Å²) in [7, 11) is 0. The van der Waals surface area contributed by atoms with E-state index in [1.165, 1.54) is 0 Å². The van der Waals surface area contributed by atoms with E-state index in [-0.39, 0.29) is 11.9 Å². The number of halogens is 1. The van der Waals surface area contributed by atoms with Gasteiger partial charge in [0.1, 0.15) is 0 Å². The predicted octanol–water partition coefficient (Wildman–Crippen LogP) is 3.15. The Morgan fingerprint density at radius 3 is 2.70 bits per heavy atom. The molecule has 0 unspecified atom stereocenters. The second kappa shape index (κ2) is 5.36. The first-order valence-corrected chi connectivity index (χ1v) is 8.31. The van der Waals surface area contributed by atoms with Crippen LogP contribution in [0.25, 0.3) is 0 Å². The molecule has 2 aromatic rings. The Hall–Kier alpha value is -1.84. The fraction of sp³-hybridized carbons (Fsp3) is 0.316. The quantitative estimate of drug-likeness (QED) is 0.910. The molecule has 4 rings (SSSR count). The van der Waals surface area contributed by atoms with Crippen LogP contribution in [0.15, 0.2) is 48.5 Å². The molecule has 4 heteroatoms. The van der Waals surface area contributed by atoms with Crippen LogP contribution < -0.4 is 5.32 Å². The Kier molecular flexibility index (Phi) is 3.43. The normalized spacial score (nSPS) is 24.1. The minimum absolute atomic E-state index is 0.0134. The summed E-state index contributed by atoms with van der Waals surface area (Å²) >= 11 is 6.07. The van der Waals surface area contributed by atoms with E-state index >= 15 is 0 Å². The van der Waals surface area contributed by atoms with Crippen molar-refractivity contribution in [3.8, 4) is 0 Å². The fourth-order valence-corrected chi connectivity index (χ4v) is 3.78. The molecule has 23 heavy (non-hydrogen) atoms. The van der Waals surface area contributed by atoms with E-state index in [4.69, 9.17) is 11.6 Å². The van der Waals surface area contributed by atoms with Gasteiger partial charge in [0.25, 0.3) is 0 Å². The Bertz CT molecular complexity index is 769. The van der Waals surface area contributed by atoms with Crippen LogP contribution in [0.1, 0.15) is 35.6 Å². The molecule has 0 spiro atoms. The van der Waals surface area contributed by atoms with Gasteiger partial charge in [0.2, 0.25) is 5.91 Å². The van der Waals surface area contributed by atoms with E-state index in [9.17, 15) is 9.90 Å². The summed E-state index contributed by atoms with van der Waals surface area (Å²) in [6.07, 6.45) is 1.67. The minimum Gasteiger partial charge on any atom is -0.390 e. The van der Waals surface area contributed by atoms with Gasteiger partial charge in [-0.2, -0.15) is 0 Å². The maximum absolute atomic E-state index is 12.9. The van der Waals surface area contributed by atoms with Crippen LogP contribution >= 0.6 is 11.6 Å². The average molecular weight is 328 g/mol. The van der Waals surface area contributed by atoms with E-state index in [0.29, 0.717) is 11.4 Å². The smallest absolute Gasteiger partial charge is 0.231 e. The van der Waals surface area contributed by atoms with Gasteiger partial charge in [0.15, 0.2) is 0 Å². The lowest BCUT2D eigenvalue weighted by molar-refractivity contribution is -0.125. The maximum atomic E-state index is 12.9. The SMILES string of the molecule is O=C(N[C@@H]1c2ccccc2C[C@@H]1O)C1(c2cccc(Cl)c2)CC1. The van der Waals surface area contributed by atoms with Crippen LogP contribution in [0.5, 0.6) is 0 Å². The molecular formula is C19H18ClNO2. The molecule has 0 aromatic heterocycles. The van der Waals surface area contributed by atoms with Gasteiger partial charge in [0.05, 0.1) is 17.6 Å². The lowest BCUT2D eigenvalue weighted by atomic mass is 9.94. The summed E-state index contributed by atoms with van der Waals surface area (Å²) in [6, 6.07) is 15.1. The van der Waals surface area contributed by atoms with Crippen molar-refractivity contribution in [2.24, 2.45) is 0 Å². The minimum atomic E-state index is -0.563. The number of amides is 1. The highest BCUT2D eigenvalue weighted by Crippen LogP contribution is 2.49. The summed E-state index contributed by atoms with van der Waals surface area (Å²) in [4.78, 5) is 12.9. The molecule has 0 radical (unpaired) electrons. The van der Waals surface area contributed by atoms with Crippen LogP contribution in [0.4, 0.5) is 0 Å². The Morgan fingerprint density at radius 1 is 1.17 bits per heavy atom. The van der Waals surface area contributed by atoms with Gasteiger partial charge in [-0.25, -0.2) is 0 Å². The summed E-state index contributed by atoms with van der Waals surface area (Å²) in [5, 5.41) is 14.0. The number of aliphatic hydroxyl groups is 1. The van der Waals surface area contributed by atoms with E-state index in [0.717, 1.165) is 29.5 Å². The van der Waals surface area contributed by atoms with E-state index < -0.39 is 11.5 Å². The zero-order valence-corrected chi connectivity index (χ0v) is 13.4. The highest BCUT2D eigenvalue weighted by molar-refractivity contribution is 6.30. The molecule has 1 fully saturated rings. The number of carbonyl (C=O) groups is 1. The lowest BCUT2D eigenvalue weighted by Gasteiger charge is -2.22. The van der Waals surface area contributed by atoms with E-state index in [1.54, 1.807) is 0 Å². The van der Waals surface area contributed by atoms with Gasteiger partial charge in [-0.05, 0) is 41.7 Å². The molecule has 3 nitrogen and oxygen atoms in total. The van der Waals surface area contributed by atoms with Crippen LogP contribution in [-0.2, 0) is 16.6 Å². The van der Waals surface area contributed by atoms with Gasteiger partial charge >= 0.3 is 0 Å². The number of aliphatic hydroxyl groups excluding tert-OH is 1. The van der Waals surface area contributed by atoms with Crippen molar-refractivity contribution >= 4 is 17.5 Å². The lowest BCUT2D eigenvalue weighted by Crippen LogP contribution is -2.40. The van der Waals surface area contributed by atoms with Gasteiger partial charge in [-0.1, -0.05) is 48.0 Å². The molecule has 0 bridgehead atoms. The molecule has 0 saturated heterocycles. The molecule has 2 atom stereocenters. The summed E-state index contributed by atoms with van der Waals surface area (Å²) in [5.74, 6) is -0.0134. The van der Waals surface area contributed by atoms with Crippen LogP contribution in [0.3, 0.4) is 0 Å². The van der Waals surface area contributed by atoms with Crippen molar-refractivity contribution < 1.29 is 9.90 Å². The molecule has 2 aliphatic rings. The number of benzene rings is 2. The van der Waals surface area contributed by atoms with E-state index in [1.807, 2.05) is 48.5 Å². The summed E-state index contributed by atoms with van der Waals surface area (Å²) < 4.78 is 0. The number of fused-ring (bicyclic) bond motifs is 1. The molecule has 1 saturated carbocycles. The van der Waals surface area contributed by atoms with Gasteiger partial charge < -0.3 is 10.4 Å². The number of nitrogens with one attached hydrogen (secondary N) is 1. The molecule has 118 valence electrons. The molecule has 0 aliphatic heterocycles. The molecule has 1 amide bonds. The van der Waals surface area contributed by atoms with Crippen LogP contribution in [0.2, 0.25) is 5.02 Å². The molecular weight excluding hydrogens is 310 g/mol. The number of hydrogen-bond donors (Lipinski definition) is 2. The topological polar surface area (TPSA) is 49.3 Å². The second-order valence-corrected chi connectivity index (χ2v) is 6.95. The number of hydrogen-bond acceptors (Lipinski definition) is 2. The standard InChI is InChI=1S/C19H18ClNO2/c20-14-6-3-5-13(11-14)19(8-9-19)18(23)21-17-15-7-2-1-4-12(15)10-16(17)22/h1-7,11,16-17,22H,8-10H2,(H,21,23)/t16-,17+/m0/s1. The highest BCUT2D eigenvalue weighted by Gasteiger charge is 2.52. The molecule has 2 aliphatic carbocycles. The maximum Gasteiger partial charge on any atom is 0.231 e. The van der Waals surface area contributed by atoms with Crippen LogP contribution in [0, 0.1) is 0 Å². The van der Waals surface area contributed by atoms with Gasteiger partial charge in [-0.15, -0.1) is 0 Å². The number of carbonyl (C=O) groups excluding carboxylic acids is 1. The van der Waals surface area contributed by atoms with Crippen LogP contribution in [-0.4, -0.2) is 17.1 Å². The average Bonchev–Trinajstić information content (AvgIpc) is 3.29. The van der Waals surface area contributed by atoms with Crippen molar-refractivity contribution in [3.63, 3.8) is 0 Å². The molecule has 0 heterocycles. The van der Waals surface area contributed by atoms with Gasteiger partial charge in [0, 0.05) is 11.4 Å². The Balaban J connectivity index is 1.59. The fourth-order valence-electron chi connectivity index (χ4n) is 3.59. The second-order valence-electron chi connectivity index (χ2n) is 6.51. The first kappa shape index (κ1) is 14.7. The zero-order chi connectivity index (χ0) is 16.0. The predicted molar refractivity (Wildman–Crippen MR) is 89.4 cm³/mol. The summed E-state index contributed by atoms with van der Waals surface area (Å²) in [6.45, 7) is 0. The first-order valence-electron chi connectivity index (χ1n) is 7.93. The van der Waals surface area contributed by atoms with Crippen molar-refractivity contribution in [1.82, 2.24) is 5.32 Å². The van der Waals surface area contributed by atoms with Crippen molar-refractivity contribution in [2.75, 3.05) is 0 Å². The third-order valence-corrected chi connectivity index (χ3v) is 5.29. The highest BCUT2D eigenvalue weighted by atomic mass is 35.5. The third kappa shape index (κ3) is 2.44. The Labute approximate surface area is 140 Å². The Morgan fingerprint density at radius 2 is 1.96 bits per heavy atom. The zero-order valence-electron chi connectivity index (χ0n) is 12.6. The molecule has 2 aromatic carbocycles. The largest absolute Gasteiger partial charge is 0.390 e. The first-order chi connectivity index (χ1) is 11.1. The van der Waals surface area contributed by atoms with Crippen molar-refractivity contribution in [2.45, 2.75) is 36.8 Å². The molecule has 2 N–H and O–H groups in total. The monoisotopic (exact) mass is 327 g/mol.